The standard InChI is InChI=1S/C11H10F3N3O4S/c1-20-7-2-4-8(5-3-7)22(18,19)15-6-9-16-10(17-21-9)11(12,13)14/h2-5,15H,6H2,1H3. The molecule has 2 rings (SSSR count). The molecule has 0 aliphatic carbocycles. The molecule has 0 radical (unpaired) electrons. The van der Waals surface area contributed by atoms with Crippen molar-refractivity contribution in [2.24, 2.45) is 0 Å². The summed E-state index contributed by atoms with van der Waals surface area (Å²) in [5.74, 6) is -1.50. The Morgan fingerprint density at radius 1 is 1.27 bits per heavy atom. The summed E-state index contributed by atoms with van der Waals surface area (Å²) >= 11 is 0. The number of hydrogen-bond donors (Lipinski definition) is 1. The summed E-state index contributed by atoms with van der Waals surface area (Å²) in [6, 6.07) is 5.44. The normalized spacial score (nSPS) is 12.4. The molecular formula is C11H10F3N3O4S. The van der Waals surface area contributed by atoms with E-state index < -0.39 is 34.5 Å². The van der Waals surface area contributed by atoms with Gasteiger partial charge >= 0.3 is 6.18 Å². The van der Waals surface area contributed by atoms with Crippen LogP contribution < -0.4 is 9.46 Å². The van der Waals surface area contributed by atoms with Crippen molar-refractivity contribution in [1.82, 2.24) is 14.9 Å². The van der Waals surface area contributed by atoms with Gasteiger partial charge in [0.2, 0.25) is 15.9 Å². The van der Waals surface area contributed by atoms with Gasteiger partial charge in [-0.3, -0.25) is 0 Å². The van der Waals surface area contributed by atoms with E-state index in [4.69, 9.17) is 4.74 Å². The molecule has 1 aromatic heterocycles. The molecule has 1 heterocycles. The van der Waals surface area contributed by atoms with Crippen molar-refractivity contribution in [2.45, 2.75) is 17.6 Å². The Bertz CT molecular complexity index is 741. The van der Waals surface area contributed by atoms with Gasteiger partial charge in [-0.15, -0.1) is 0 Å². The number of hydrogen-bond acceptors (Lipinski definition) is 6. The van der Waals surface area contributed by atoms with Crippen LogP contribution in [0.2, 0.25) is 0 Å². The average molecular weight is 337 g/mol. The fourth-order valence-electron chi connectivity index (χ4n) is 1.44. The zero-order valence-electron chi connectivity index (χ0n) is 11.1. The van der Waals surface area contributed by atoms with E-state index in [1.165, 1.54) is 31.4 Å². The van der Waals surface area contributed by atoms with Crippen LogP contribution in [0.1, 0.15) is 11.7 Å². The van der Waals surface area contributed by atoms with Crippen molar-refractivity contribution in [3.8, 4) is 5.75 Å². The molecular weight excluding hydrogens is 327 g/mol. The van der Waals surface area contributed by atoms with Crippen LogP contribution in [-0.2, 0) is 22.7 Å². The molecule has 0 atom stereocenters. The van der Waals surface area contributed by atoms with E-state index in [1.54, 1.807) is 0 Å². The van der Waals surface area contributed by atoms with E-state index in [1.807, 2.05) is 0 Å². The highest BCUT2D eigenvalue weighted by molar-refractivity contribution is 7.89. The van der Waals surface area contributed by atoms with Gasteiger partial charge in [0.25, 0.3) is 5.82 Å². The monoisotopic (exact) mass is 337 g/mol. The highest BCUT2D eigenvalue weighted by Gasteiger charge is 2.37. The second-order valence-electron chi connectivity index (χ2n) is 4.01. The third kappa shape index (κ3) is 3.74. The molecule has 0 saturated carbocycles. The lowest BCUT2D eigenvalue weighted by Gasteiger charge is -2.05. The summed E-state index contributed by atoms with van der Waals surface area (Å²) in [5, 5.41) is 2.72. The second-order valence-corrected chi connectivity index (χ2v) is 5.78. The molecule has 0 saturated heterocycles. The van der Waals surface area contributed by atoms with Crippen LogP contribution >= 0.6 is 0 Å². The van der Waals surface area contributed by atoms with Crippen molar-refractivity contribution in [1.29, 1.82) is 0 Å². The van der Waals surface area contributed by atoms with Gasteiger partial charge in [0.1, 0.15) is 5.75 Å². The Kier molecular flexibility index (Phi) is 4.37. The summed E-state index contributed by atoms with van der Waals surface area (Å²) in [4.78, 5) is 2.98. The van der Waals surface area contributed by atoms with Gasteiger partial charge in [0.15, 0.2) is 0 Å². The van der Waals surface area contributed by atoms with E-state index >= 15 is 0 Å². The van der Waals surface area contributed by atoms with Gasteiger partial charge in [-0.25, -0.2) is 13.1 Å². The number of ether oxygens (including phenoxy) is 1. The molecule has 120 valence electrons. The van der Waals surface area contributed by atoms with E-state index in [0.29, 0.717) is 5.75 Å². The maximum Gasteiger partial charge on any atom is 0.455 e. The number of nitrogens with one attached hydrogen (secondary N) is 1. The number of rotatable bonds is 5. The van der Waals surface area contributed by atoms with Gasteiger partial charge in [0.05, 0.1) is 18.6 Å². The van der Waals surface area contributed by atoms with Gasteiger partial charge in [-0.05, 0) is 24.3 Å². The largest absolute Gasteiger partial charge is 0.497 e. The highest BCUT2D eigenvalue weighted by atomic mass is 32.2. The minimum atomic E-state index is -4.75. The van der Waals surface area contributed by atoms with Crippen LogP contribution in [0.3, 0.4) is 0 Å². The van der Waals surface area contributed by atoms with Crippen LogP contribution in [0.25, 0.3) is 0 Å². The van der Waals surface area contributed by atoms with Crippen LogP contribution in [0, 0.1) is 0 Å². The van der Waals surface area contributed by atoms with Crippen molar-refractivity contribution in [3.63, 3.8) is 0 Å². The van der Waals surface area contributed by atoms with Gasteiger partial charge in [-0.1, -0.05) is 5.16 Å². The fraction of sp³-hybridized carbons (Fsp3) is 0.273. The van der Waals surface area contributed by atoms with Gasteiger partial charge in [-0.2, -0.15) is 18.2 Å². The van der Waals surface area contributed by atoms with E-state index in [2.05, 4.69) is 19.4 Å². The Labute approximate surface area is 123 Å². The Balaban J connectivity index is 2.07. The molecule has 11 heteroatoms. The molecule has 7 nitrogen and oxygen atoms in total. The quantitative estimate of drug-likeness (QED) is 0.890. The van der Waals surface area contributed by atoms with Crippen molar-refractivity contribution < 1.29 is 30.8 Å². The van der Waals surface area contributed by atoms with Crippen LogP contribution in [-0.4, -0.2) is 25.7 Å². The van der Waals surface area contributed by atoms with Crippen LogP contribution in [0.15, 0.2) is 33.7 Å². The van der Waals surface area contributed by atoms with Crippen molar-refractivity contribution >= 4 is 10.0 Å². The number of nitrogens with zero attached hydrogens (tertiary/aromatic N) is 2. The number of sulfonamides is 1. The third-order valence-corrected chi connectivity index (χ3v) is 3.92. The Hall–Kier alpha value is -2.14. The summed E-state index contributed by atoms with van der Waals surface area (Å²) < 4.78 is 72.0. The van der Waals surface area contributed by atoms with Crippen molar-refractivity contribution in [2.75, 3.05) is 7.11 Å². The predicted molar refractivity (Wildman–Crippen MR) is 66.3 cm³/mol. The minimum absolute atomic E-state index is 0.0798. The molecule has 0 spiro atoms. The highest BCUT2D eigenvalue weighted by Crippen LogP contribution is 2.26. The molecule has 0 aliphatic heterocycles. The zero-order chi connectivity index (χ0) is 16.4. The molecule has 2 aromatic rings. The zero-order valence-corrected chi connectivity index (χ0v) is 11.9. The lowest BCUT2D eigenvalue weighted by Crippen LogP contribution is -2.23. The summed E-state index contributed by atoms with van der Waals surface area (Å²) in [6.45, 7) is -0.558. The Morgan fingerprint density at radius 3 is 2.41 bits per heavy atom. The SMILES string of the molecule is COc1ccc(S(=O)(=O)NCc2nc(C(F)(F)F)no2)cc1. The Morgan fingerprint density at radius 2 is 1.91 bits per heavy atom. The predicted octanol–water partition coefficient (Wildman–Crippen LogP) is 1.58. The van der Waals surface area contributed by atoms with Gasteiger partial charge in [0, 0.05) is 0 Å². The van der Waals surface area contributed by atoms with E-state index in [-0.39, 0.29) is 4.90 Å². The first kappa shape index (κ1) is 16.2. The molecule has 1 aromatic carbocycles. The fourth-order valence-corrected chi connectivity index (χ4v) is 2.41. The maximum absolute atomic E-state index is 12.3. The van der Waals surface area contributed by atoms with Crippen molar-refractivity contribution in [3.05, 3.63) is 36.0 Å². The molecule has 0 amide bonds. The number of methoxy groups -OCH3 is 1. The molecule has 22 heavy (non-hydrogen) atoms. The summed E-state index contributed by atoms with van der Waals surface area (Å²) in [5.41, 5.74) is 0. The second kappa shape index (κ2) is 5.93. The van der Waals surface area contributed by atoms with E-state index in [9.17, 15) is 21.6 Å². The average Bonchev–Trinajstić information content (AvgIpc) is 2.94. The number of benzene rings is 1. The number of aromatic nitrogens is 2. The topological polar surface area (TPSA) is 94.3 Å². The maximum atomic E-state index is 12.3. The molecule has 0 aliphatic rings. The molecule has 0 bridgehead atoms. The lowest BCUT2D eigenvalue weighted by atomic mass is 10.3. The minimum Gasteiger partial charge on any atom is -0.497 e. The summed E-state index contributed by atoms with van der Waals surface area (Å²) in [7, 11) is -2.50. The summed E-state index contributed by atoms with van der Waals surface area (Å²) in [6.07, 6.45) is -4.75. The van der Waals surface area contributed by atoms with Gasteiger partial charge < -0.3 is 9.26 Å². The number of halogens is 3. The first-order valence-corrected chi connectivity index (χ1v) is 7.24. The first-order chi connectivity index (χ1) is 10.2. The first-order valence-electron chi connectivity index (χ1n) is 5.76. The van der Waals surface area contributed by atoms with E-state index in [0.717, 1.165) is 0 Å². The third-order valence-electron chi connectivity index (χ3n) is 2.50. The smallest absolute Gasteiger partial charge is 0.455 e. The lowest BCUT2D eigenvalue weighted by molar-refractivity contribution is -0.146. The molecule has 0 unspecified atom stereocenters. The van der Waals surface area contributed by atoms with Crippen LogP contribution in [0.5, 0.6) is 5.75 Å². The molecule has 0 fully saturated rings. The van der Waals surface area contributed by atoms with Crippen LogP contribution in [0.4, 0.5) is 13.2 Å². The number of alkyl halides is 3. The molecule has 1 N–H and O–H groups in total.